The second kappa shape index (κ2) is 9.41. The number of guanidine groups is 1. The van der Waals surface area contributed by atoms with E-state index < -0.39 is 11.8 Å². The molecule has 1 aliphatic rings. The van der Waals surface area contributed by atoms with Crippen LogP contribution >= 0.6 is 11.3 Å². The molecule has 0 bridgehead atoms. The maximum absolute atomic E-state index is 13.1. The number of aromatic nitrogens is 2. The summed E-state index contributed by atoms with van der Waals surface area (Å²) in [6, 6.07) is 0. The lowest BCUT2D eigenvalue weighted by Gasteiger charge is -2.16. The van der Waals surface area contributed by atoms with Crippen molar-refractivity contribution < 1.29 is 19.4 Å². The highest BCUT2D eigenvalue weighted by molar-refractivity contribution is 7.18. The van der Waals surface area contributed by atoms with Gasteiger partial charge in [-0.15, -0.1) is 16.3 Å². The second-order valence-electron chi connectivity index (χ2n) is 6.77. The molecule has 1 amide bonds. The Bertz CT molecular complexity index is 1090. The minimum Gasteiger partial charge on any atom is -0.463 e. The Morgan fingerprint density at radius 3 is 2.50 bits per heavy atom. The van der Waals surface area contributed by atoms with Gasteiger partial charge in [-0.25, -0.2) is 9.59 Å². The zero-order valence-corrected chi connectivity index (χ0v) is 18.0. The van der Waals surface area contributed by atoms with Crippen molar-refractivity contribution in [2.24, 2.45) is 4.99 Å². The van der Waals surface area contributed by atoms with E-state index in [1.807, 2.05) is 11.8 Å². The number of hydrogen-bond acceptors (Lipinski definition) is 6. The number of carboxylic acid groups (broad SMARTS) is 1. The van der Waals surface area contributed by atoms with Crippen molar-refractivity contribution in [3.63, 3.8) is 0 Å². The normalized spacial score (nSPS) is 15.3. The number of fused-ring (bicyclic) bond motifs is 1. The van der Waals surface area contributed by atoms with E-state index in [1.165, 1.54) is 23.0 Å². The van der Waals surface area contributed by atoms with Gasteiger partial charge in [0, 0.05) is 32.2 Å². The number of amides is 1. The number of nitrogens with zero attached hydrogens (tertiary/aromatic N) is 4. The fourth-order valence-corrected chi connectivity index (χ4v) is 4.73. The fraction of sp³-hybridized carbons (Fsp3) is 0.556. The van der Waals surface area contributed by atoms with Crippen molar-refractivity contribution >= 4 is 33.6 Å². The van der Waals surface area contributed by atoms with E-state index in [-0.39, 0.29) is 24.7 Å². The zero-order valence-electron chi connectivity index (χ0n) is 17.1. The summed E-state index contributed by atoms with van der Waals surface area (Å²) in [6.07, 6.45) is -1.27. The third-order valence-electron chi connectivity index (χ3n) is 4.93. The summed E-state index contributed by atoms with van der Waals surface area (Å²) in [4.78, 5) is 43.9. The number of nitrogens with one attached hydrogen (secondary N) is 1. The van der Waals surface area contributed by atoms with Crippen LogP contribution in [0.5, 0.6) is 0 Å². The molecular weight excluding hydrogens is 414 g/mol. The lowest BCUT2D eigenvalue weighted by molar-refractivity contribution is 0.179. The Kier molecular flexibility index (Phi) is 6.90. The molecule has 11 nitrogen and oxygen atoms in total. The maximum atomic E-state index is 13.1. The molecule has 3 rings (SSSR count). The Hall–Kier alpha value is -2.70. The molecule has 0 atom stereocenters. The highest BCUT2D eigenvalue weighted by Gasteiger charge is 2.24. The predicted molar refractivity (Wildman–Crippen MR) is 113 cm³/mol. The molecule has 0 unspecified atom stereocenters. The number of thiophene rings is 1. The predicted octanol–water partition coefficient (Wildman–Crippen LogP) is 0.265. The molecule has 0 spiro atoms. The van der Waals surface area contributed by atoms with Gasteiger partial charge in [-0.3, -0.25) is 13.9 Å². The van der Waals surface area contributed by atoms with Gasteiger partial charge in [0.1, 0.15) is 4.83 Å². The second-order valence-corrected chi connectivity index (χ2v) is 7.86. The molecule has 1 aliphatic heterocycles. The third kappa shape index (κ3) is 4.25. The van der Waals surface area contributed by atoms with Crippen LogP contribution in [0.15, 0.2) is 14.6 Å². The molecule has 2 N–H and O–H groups in total. The largest absolute Gasteiger partial charge is 0.463 e. The van der Waals surface area contributed by atoms with Crippen LogP contribution in [0.2, 0.25) is 0 Å². The monoisotopic (exact) mass is 439 g/mol. The number of aliphatic imine (C=N–C) groups is 1. The first-order valence-corrected chi connectivity index (χ1v) is 10.2. The molecule has 2 aromatic rings. The maximum Gasteiger partial charge on any atom is 0.434 e. The molecule has 30 heavy (non-hydrogen) atoms. The van der Waals surface area contributed by atoms with Crippen molar-refractivity contribution in [3.05, 3.63) is 31.3 Å². The van der Waals surface area contributed by atoms with Crippen molar-refractivity contribution in [1.82, 2.24) is 19.4 Å². The van der Waals surface area contributed by atoms with E-state index in [4.69, 9.17) is 14.6 Å². The van der Waals surface area contributed by atoms with Crippen LogP contribution in [-0.4, -0.2) is 71.7 Å². The smallest absolute Gasteiger partial charge is 0.434 e. The quantitative estimate of drug-likeness (QED) is 0.600. The van der Waals surface area contributed by atoms with Gasteiger partial charge in [0.15, 0.2) is 0 Å². The molecule has 0 radical (unpaired) electrons. The summed E-state index contributed by atoms with van der Waals surface area (Å²) >= 11 is 1.36. The number of methoxy groups -OCH3 is 2. The summed E-state index contributed by atoms with van der Waals surface area (Å²) < 4.78 is 12.9. The summed E-state index contributed by atoms with van der Waals surface area (Å²) in [5.41, 5.74) is 0.0315. The Morgan fingerprint density at radius 2 is 1.87 bits per heavy atom. The number of ether oxygens (including phenoxy) is 2. The van der Waals surface area contributed by atoms with E-state index in [9.17, 15) is 14.4 Å². The van der Waals surface area contributed by atoms with Gasteiger partial charge >= 0.3 is 11.8 Å². The van der Waals surface area contributed by atoms with Crippen molar-refractivity contribution in [3.8, 4) is 0 Å². The first kappa shape index (κ1) is 22.0. The summed E-state index contributed by atoms with van der Waals surface area (Å²) in [5, 5.41) is 12.4. The zero-order chi connectivity index (χ0) is 21.8. The van der Waals surface area contributed by atoms with Crippen LogP contribution in [0.1, 0.15) is 10.4 Å². The molecule has 0 aromatic carbocycles. The number of carbonyl (C=O) groups is 1. The molecule has 1 fully saturated rings. The number of hydrogen-bond donors (Lipinski definition) is 2. The van der Waals surface area contributed by atoms with E-state index in [0.717, 1.165) is 10.4 Å². The standard InChI is InChI=1S/C18H25N5O6S/c1-11-12(10-21-5-4-19-16(21)20-17(25)26)30-15-13(11)14(24)22(6-8-28-2)18(27)23(15)7-9-29-3/h4-10H2,1-3H3,(H,19,20)(H,25,26). The molecule has 1 saturated heterocycles. The minimum absolute atomic E-state index is 0.160. The summed E-state index contributed by atoms with van der Waals surface area (Å²) in [7, 11) is 3.07. The van der Waals surface area contributed by atoms with Crippen LogP contribution < -0.4 is 16.6 Å². The van der Waals surface area contributed by atoms with E-state index in [0.29, 0.717) is 43.0 Å². The van der Waals surface area contributed by atoms with Gasteiger partial charge in [0.25, 0.3) is 5.56 Å². The van der Waals surface area contributed by atoms with Crippen LogP contribution in [0, 0.1) is 6.92 Å². The van der Waals surface area contributed by atoms with Crippen LogP contribution in [0.3, 0.4) is 0 Å². The topological polar surface area (TPSA) is 127 Å². The summed E-state index contributed by atoms with van der Waals surface area (Å²) in [6.45, 7) is 4.46. The van der Waals surface area contributed by atoms with E-state index in [1.54, 1.807) is 11.7 Å². The van der Waals surface area contributed by atoms with Crippen LogP contribution in [0.4, 0.5) is 4.79 Å². The fourth-order valence-electron chi connectivity index (χ4n) is 3.40. The molecule has 0 saturated carbocycles. The highest BCUT2D eigenvalue weighted by atomic mass is 32.1. The van der Waals surface area contributed by atoms with E-state index in [2.05, 4.69) is 10.3 Å². The van der Waals surface area contributed by atoms with Gasteiger partial charge in [-0.05, 0) is 12.5 Å². The molecule has 12 heteroatoms. The van der Waals surface area contributed by atoms with Gasteiger partial charge in [-0.1, -0.05) is 0 Å². The molecule has 2 aromatic heterocycles. The third-order valence-corrected chi connectivity index (χ3v) is 6.23. The number of rotatable bonds is 8. The average Bonchev–Trinajstić information content (AvgIpc) is 3.26. The summed E-state index contributed by atoms with van der Waals surface area (Å²) in [5.74, 6) is 0.286. The molecule has 3 heterocycles. The minimum atomic E-state index is -1.27. The van der Waals surface area contributed by atoms with Gasteiger partial charge < -0.3 is 24.8 Å². The first-order chi connectivity index (χ1) is 14.4. The molecule has 0 aliphatic carbocycles. The molecule has 164 valence electrons. The van der Waals surface area contributed by atoms with Gasteiger partial charge in [-0.2, -0.15) is 0 Å². The lowest BCUT2D eigenvalue weighted by Crippen LogP contribution is -2.41. The van der Waals surface area contributed by atoms with Crippen molar-refractivity contribution in [2.45, 2.75) is 26.6 Å². The number of aryl methyl sites for hydroxylation is 1. The SMILES string of the molecule is COCCn1c(=O)c2c(C)c(CN3CCN/C3=N\C(=O)O)sc2n(CCOC)c1=O. The Balaban J connectivity index is 2.11. The van der Waals surface area contributed by atoms with Crippen LogP contribution in [0.25, 0.3) is 10.2 Å². The van der Waals surface area contributed by atoms with Gasteiger partial charge in [0.2, 0.25) is 5.96 Å². The molecular formula is C18H25N5O6S. The lowest BCUT2D eigenvalue weighted by atomic mass is 10.2. The van der Waals surface area contributed by atoms with Crippen LogP contribution in [-0.2, 0) is 29.1 Å². The van der Waals surface area contributed by atoms with E-state index >= 15 is 0 Å². The van der Waals surface area contributed by atoms with Crippen molar-refractivity contribution in [2.75, 3.05) is 40.5 Å². The highest BCUT2D eigenvalue weighted by Crippen LogP contribution is 2.29. The average molecular weight is 439 g/mol. The first-order valence-electron chi connectivity index (χ1n) is 9.43. The Morgan fingerprint density at radius 1 is 1.20 bits per heavy atom. The van der Waals surface area contributed by atoms with Gasteiger partial charge in [0.05, 0.1) is 38.2 Å². The Labute approximate surface area is 176 Å². The van der Waals surface area contributed by atoms with Crippen molar-refractivity contribution in [1.29, 1.82) is 0 Å².